The van der Waals surface area contributed by atoms with E-state index in [0.717, 1.165) is 4.57 Å². The van der Waals surface area contributed by atoms with Crippen LogP contribution in [0.3, 0.4) is 0 Å². The fourth-order valence-corrected chi connectivity index (χ4v) is 1.75. The van der Waals surface area contributed by atoms with E-state index in [9.17, 15) is 14.4 Å². The summed E-state index contributed by atoms with van der Waals surface area (Å²) in [5.41, 5.74) is -0.812. The van der Waals surface area contributed by atoms with Crippen LogP contribution in [0.15, 0.2) is 27.8 Å². The molecule has 2 rings (SSSR count). The van der Waals surface area contributed by atoms with Crippen LogP contribution in [0.4, 0.5) is 0 Å². The van der Waals surface area contributed by atoms with Crippen LogP contribution >= 0.6 is 11.6 Å². The normalized spacial score (nSPS) is 10.6. The minimum absolute atomic E-state index is 0.214. The number of carbonyl (C=O) groups is 1. The molecule has 0 aliphatic rings. The Morgan fingerprint density at radius 1 is 1.38 bits per heavy atom. The molecule has 2 aromatic rings. The average molecular weight is 239 g/mol. The SMILES string of the molecule is O=CCn1c(=O)[nH]c2cccc(Cl)c2c1=O. The topological polar surface area (TPSA) is 71.9 Å². The zero-order chi connectivity index (χ0) is 11.7. The Balaban J connectivity index is 2.97. The van der Waals surface area contributed by atoms with Crippen molar-refractivity contribution in [3.8, 4) is 0 Å². The molecular formula is C10H7ClN2O3. The van der Waals surface area contributed by atoms with Crippen LogP contribution in [-0.2, 0) is 11.3 Å². The molecule has 1 aromatic carbocycles. The molecule has 0 spiro atoms. The van der Waals surface area contributed by atoms with Crippen LogP contribution in [0.25, 0.3) is 10.9 Å². The van der Waals surface area contributed by atoms with E-state index in [0.29, 0.717) is 11.8 Å². The summed E-state index contributed by atoms with van der Waals surface area (Å²) in [4.78, 5) is 36.2. The van der Waals surface area contributed by atoms with Crippen molar-refractivity contribution >= 4 is 28.8 Å². The van der Waals surface area contributed by atoms with Gasteiger partial charge in [-0.2, -0.15) is 0 Å². The van der Waals surface area contributed by atoms with Gasteiger partial charge in [0.2, 0.25) is 0 Å². The number of halogens is 1. The van der Waals surface area contributed by atoms with E-state index < -0.39 is 11.2 Å². The summed E-state index contributed by atoms with van der Waals surface area (Å²) < 4.78 is 0.807. The molecule has 0 bridgehead atoms. The van der Waals surface area contributed by atoms with Crippen LogP contribution in [0.5, 0.6) is 0 Å². The van der Waals surface area contributed by atoms with Gasteiger partial charge in [-0.25, -0.2) is 4.79 Å². The minimum Gasteiger partial charge on any atom is -0.307 e. The van der Waals surface area contributed by atoms with Gasteiger partial charge in [-0.05, 0) is 12.1 Å². The van der Waals surface area contributed by atoms with Gasteiger partial charge in [0, 0.05) is 0 Å². The minimum atomic E-state index is -0.619. The van der Waals surface area contributed by atoms with E-state index >= 15 is 0 Å². The molecule has 1 aromatic heterocycles. The molecule has 0 unspecified atom stereocenters. The Kier molecular flexibility index (Phi) is 2.62. The summed E-state index contributed by atoms with van der Waals surface area (Å²) >= 11 is 5.86. The number of aldehydes is 1. The van der Waals surface area contributed by atoms with Gasteiger partial charge >= 0.3 is 5.69 Å². The third-order valence-corrected chi connectivity index (χ3v) is 2.53. The maximum absolute atomic E-state index is 11.9. The van der Waals surface area contributed by atoms with Gasteiger partial charge in [0.25, 0.3) is 5.56 Å². The first-order valence-electron chi connectivity index (χ1n) is 4.50. The number of hydrogen-bond acceptors (Lipinski definition) is 3. The monoisotopic (exact) mass is 238 g/mol. The van der Waals surface area contributed by atoms with Crippen LogP contribution in [0.1, 0.15) is 0 Å². The predicted molar refractivity (Wildman–Crippen MR) is 59.9 cm³/mol. The zero-order valence-electron chi connectivity index (χ0n) is 8.07. The zero-order valence-corrected chi connectivity index (χ0v) is 8.82. The van der Waals surface area contributed by atoms with Crippen LogP contribution in [0.2, 0.25) is 5.02 Å². The van der Waals surface area contributed by atoms with Crippen molar-refractivity contribution in [3.63, 3.8) is 0 Å². The fraction of sp³-hybridized carbons (Fsp3) is 0.100. The molecule has 6 heteroatoms. The third-order valence-electron chi connectivity index (χ3n) is 2.22. The lowest BCUT2D eigenvalue weighted by Gasteiger charge is -2.03. The van der Waals surface area contributed by atoms with E-state index in [4.69, 9.17) is 11.6 Å². The van der Waals surface area contributed by atoms with Crippen LogP contribution in [0, 0.1) is 0 Å². The van der Waals surface area contributed by atoms with Crippen LogP contribution < -0.4 is 11.2 Å². The van der Waals surface area contributed by atoms with Crippen molar-refractivity contribution in [1.29, 1.82) is 0 Å². The van der Waals surface area contributed by atoms with Crippen molar-refractivity contribution in [1.82, 2.24) is 9.55 Å². The molecule has 0 aliphatic heterocycles. The van der Waals surface area contributed by atoms with E-state index in [-0.39, 0.29) is 17.0 Å². The summed E-state index contributed by atoms with van der Waals surface area (Å²) in [7, 11) is 0. The van der Waals surface area contributed by atoms with Gasteiger partial charge < -0.3 is 9.78 Å². The Hall–Kier alpha value is -1.88. The number of hydrogen-bond donors (Lipinski definition) is 1. The largest absolute Gasteiger partial charge is 0.329 e. The van der Waals surface area contributed by atoms with Crippen molar-refractivity contribution in [2.24, 2.45) is 0 Å². The molecule has 1 N–H and O–H groups in total. The number of fused-ring (bicyclic) bond motifs is 1. The van der Waals surface area contributed by atoms with Crippen molar-refractivity contribution in [3.05, 3.63) is 44.1 Å². The smallest absolute Gasteiger partial charge is 0.307 e. The second-order valence-electron chi connectivity index (χ2n) is 3.17. The molecule has 5 nitrogen and oxygen atoms in total. The van der Waals surface area contributed by atoms with Crippen molar-refractivity contribution in [2.75, 3.05) is 0 Å². The van der Waals surface area contributed by atoms with Gasteiger partial charge in [0.15, 0.2) is 0 Å². The number of nitrogens with zero attached hydrogens (tertiary/aromatic N) is 1. The molecule has 82 valence electrons. The average Bonchev–Trinajstić information content (AvgIpc) is 2.24. The van der Waals surface area contributed by atoms with Crippen LogP contribution in [-0.4, -0.2) is 15.8 Å². The summed E-state index contributed by atoms with van der Waals surface area (Å²) in [6.45, 7) is -0.282. The molecule has 0 fully saturated rings. The first kappa shape index (κ1) is 10.6. The highest BCUT2D eigenvalue weighted by Gasteiger charge is 2.09. The molecule has 16 heavy (non-hydrogen) atoms. The Morgan fingerprint density at radius 2 is 2.12 bits per heavy atom. The lowest BCUT2D eigenvalue weighted by atomic mass is 10.2. The molecular weight excluding hydrogens is 232 g/mol. The lowest BCUT2D eigenvalue weighted by Crippen LogP contribution is -2.35. The number of aromatic nitrogens is 2. The quantitative estimate of drug-likeness (QED) is 0.777. The number of aromatic amines is 1. The van der Waals surface area contributed by atoms with E-state index in [2.05, 4.69) is 4.98 Å². The van der Waals surface area contributed by atoms with Gasteiger partial charge in [-0.3, -0.25) is 9.36 Å². The second kappa shape index (κ2) is 3.94. The maximum atomic E-state index is 11.9. The summed E-state index contributed by atoms with van der Waals surface area (Å²) in [6, 6.07) is 4.76. The summed E-state index contributed by atoms with van der Waals surface area (Å²) in [5, 5.41) is 0.462. The molecule has 0 aliphatic carbocycles. The van der Waals surface area contributed by atoms with Gasteiger partial charge in [0.1, 0.15) is 6.29 Å². The molecule has 0 atom stereocenters. The number of nitrogens with one attached hydrogen (secondary N) is 1. The first-order chi connectivity index (χ1) is 7.65. The van der Waals surface area contributed by atoms with Gasteiger partial charge in [-0.1, -0.05) is 17.7 Å². The number of carbonyl (C=O) groups excluding carboxylic acids is 1. The Labute approximate surface area is 94.3 Å². The number of H-pyrrole nitrogens is 1. The Morgan fingerprint density at radius 3 is 2.81 bits per heavy atom. The number of benzene rings is 1. The summed E-state index contributed by atoms with van der Waals surface area (Å²) in [5.74, 6) is 0. The highest BCUT2D eigenvalue weighted by Crippen LogP contribution is 2.16. The molecule has 0 radical (unpaired) electrons. The van der Waals surface area contributed by atoms with E-state index in [1.807, 2.05) is 0 Å². The molecule has 0 saturated heterocycles. The maximum Gasteiger partial charge on any atom is 0.329 e. The van der Waals surface area contributed by atoms with Crippen molar-refractivity contribution < 1.29 is 4.79 Å². The first-order valence-corrected chi connectivity index (χ1v) is 4.88. The summed E-state index contributed by atoms with van der Waals surface area (Å²) in [6.07, 6.45) is 0.485. The van der Waals surface area contributed by atoms with Crippen molar-refractivity contribution in [2.45, 2.75) is 6.54 Å². The third kappa shape index (κ3) is 1.55. The highest BCUT2D eigenvalue weighted by atomic mass is 35.5. The highest BCUT2D eigenvalue weighted by molar-refractivity contribution is 6.35. The molecule has 0 saturated carbocycles. The molecule has 0 amide bonds. The predicted octanol–water partition coefficient (Wildman–Crippen LogP) is 0.542. The number of rotatable bonds is 2. The fourth-order valence-electron chi connectivity index (χ4n) is 1.50. The van der Waals surface area contributed by atoms with Gasteiger partial charge in [0.05, 0.1) is 22.5 Å². The van der Waals surface area contributed by atoms with E-state index in [1.54, 1.807) is 18.2 Å². The van der Waals surface area contributed by atoms with Gasteiger partial charge in [-0.15, -0.1) is 0 Å². The van der Waals surface area contributed by atoms with E-state index in [1.165, 1.54) is 0 Å². The Bertz CT molecular complexity index is 672. The second-order valence-corrected chi connectivity index (χ2v) is 3.58. The standard InChI is InChI=1S/C10H7ClN2O3/c11-6-2-1-3-7-8(6)9(15)13(4-5-14)10(16)12-7/h1-3,5H,4H2,(H,12,16). The molecule has 1 heterocycles. The lowest BCUT2D eigenvalue weighted by molar-refractivity contribution is -0.108.